The van der Waals surface area contributed by atoms with Crippen LogP contribution in [0.25, 0.3) is 0 Å². The Balaban J connectivity index is 1.31. The number of benzene rings is 1. The Labute approximate surface area is 201 Å². The van der Waals surface area contributed by atoms with E-state index in [1.54, 1.807) is 0 Å². The summed E-state index contributed by atoms with van der Waals surface area (Å²) in [4.78, 5) is 45.4. The van der Waals surface area contributed by atoms with E-state index in [9.17, 15) is 14.4 Å². The second-order valence-corrected chi connectivity index (χ2v) is 10.2. The Morgan fingerprint density at radius 3 is 2.38 bits per heavy atom. The highest BCUT2D eigenvalue weighted by Crippen LogP contribution is 2.37. The summed E-state index contributed by atoms with van der Waals surface area (Å²) in [7, 11) is 0. The highest BCUT2D eigenvalue weighted by molar-refractivity contribution is 6.07. The van der Waals surface area contributed by atoms with E-state index in [0.29, 0.717) is 45.5 Å². The van der Waals surface area contributed by atoms with Crippen LogP contribution in [-0.4, -0.2) is 90.1 Å². The summed E-state index contributed by atoms with van der Waals surface area (Å²) in [5.74, 6) is -0.0546. The van der Waals surface area contributed by atoms with Gasteiger partial charge in [0.05, 0.1) is 0 Å². The lowest BCUT2D eigenvalue weighted by Crippen LogP contribution is -2.58. The van der Waals surface area contributed by atoms with Crippen molar-refractivity contribution in [2.24, 2.45) is 5.92 Å². The predicted molar refractivity (Wildman–Crippen MR) is 127 cm³/mol. The molecule has 1 aromatic carbocycles. The molecule has 0 bridgehead atoms. The molecular weight excluding hydrogens is 432 g/mol. The Hall–Kier alpha value is -2.45. The summed E-state index contributed by atoms with van der Waals surface area (Å²) in [6, 6.07) is 9.66. The molecule has 0 spiro atoms. The quantitative estimate of drug-likeness (QED) is 0.620. The van der Waals surface area contributed by atoms with Gasteiger partial charge in [-0.1, -0.05) is 30.3 Å². The van der Waals surface area contributed by atoms with Crippen LogP contribution >= 0.6 is 0 Å². The first-order valence-electron chi connectivity index (χ1n) is 12.9. The van der Waals surface area contributed by atoms with E-state index in [4.69, 9.17) is 4.74 Å². The van der Waals surface area contributed by atoms with E-state index >= 15 is 0 Å². The van der Waals surface area contributed by atoms with E-state index in [1.807, 2.05) is 35.2 Å². The Kier molecular flexibility index (Phi) is 6.88. The van der Waals surface area contributed by atoms with Gasteiger partial charge in [0, 0.05) is 39.2 Å². The van der Waals surface area contributed by atoms with Crippen LogP contribution in [0.2, 0.25) is 0 Å². The standard InChI is InChI=1S/C26H36N4O4/c31-23(22-9-6-18-34-22)29-14-10-21(11-15-29)26(19-20-7-2-1-3-8-20)24(32)30(25(33)27-26)17-16-28-12-4-5-13-28/h1-3,7-8,21-22H,4-6,9-19H2,(H,27,33)/t22-,26+/m0/s1. The number of rotatable bonds is 7. The number of carbonyl (C=O) groups excluding carboxylic acids is 3. The zero-order valence-corrected chi connectivity index (χ0v) is 19.9. The summed E-state index contributed by atoms with van der Waals surface area (Å²) in [5.41, 5.74) is 0.0815. The maximum Gasteiger partial charge on any atom is 0.325 e. The van der Waals surface area contributed by atoms with Gasteiger partial charge in [0.25, 0.3) is 11.8 Å². The molecule has 4 saturated heterocycles. The van der Waals surface area contributed by atoms with Gasteiger partial charge < -0.3 is 19.9 Å². The molecule has 4 fully saturated rings. The first-order chi connectivity index (χ1) is 16.6. The molecule has 0 aromatic heterocycles. The van der Waals surface area contributed by atoms with Crippen LogP contribution in [0.4, 0.5) is 4.79 Å². The molecule has 1 aromatic rings. The molecule has 4 amide bonds. The largest absolute Gasteiger partial charge is 0.368 e. The van der Waals surface area contributed by atoms with Crippen LogP contribution in [0.1, 0.15) is 44.1 Å². The summed E-state index contributed by atoms with van der Waals surface area (Å²) in [6.45, 7) is 5.08. The number of nitrogens with one attached hydrogen (secondary N) is 1. The summed E-state index contributed by atoms with van der Waals surface area (Å²) < 4.78 is 5.59. The van der Waals surface area contributed by atoms with Crippen molar-refractivity contribution in [2.45, 2.75) is 56.6 Å². The number of nitrogens with zero attached hydrogens (tertiary/aromatic N) is 3. The molecule has 0 saturated carbocycles. The van der Waals surface area contributed by atoms with E-state index in [0.717, 1.165) is 38.0 Å². The summed E-state index contributed by atoms with van der Waals surface area (Å²) in [5, 5.41) is 3.15. The molecule has 184 valence electrons. The Morgan fingerprint density at radius 1 is 0.971 bits per heavy atom. The van der Waals surface area contributed by atoms with Gasteiger partial charge in [-0.25, -0.2) is 4.79 Å². The molecule has 34 heavy (non-hydrogen) atoms. The second-order valence-electron chi connectivity index (χ2n) is 10.2. The average Bonchev–Trinajstić information content (AvgIpc) is 3.62. The first kappa shape index (κ1) is 23.3. The number of hydrogen-bond acceptors (Lipinski definition) is 5. The van der Waals surface area contributed by atoms with Gasteiger partial charge in [-0.15, -0.1) is 0 Å². The highest BCUT2D eigenvalue weighted by atomic mass is 16.5. The van der Waals surface area contributed by atoms with Crippen molar-refractivity contribution >= 4 is 17.8 Å². The van der Waals surface area contributed by atoms with Gasteiger partial charge in [0.2, 0.25) is 0 Å². The number of amides is 4. The zero-order valence-electron chi connectivity index (χ0n) is 19.9. The van der Waals surface area contributed by atoms with Crippen LogP contribution in [0.5, 0.6) is 0 Å². The van der Waals surface area contributed by atoms with Gasteiger partial charge in [0.1, 0.15) is 11.6 Å². The van der Waals surface area contributed by atoms with Crippen LogP contribution < -0.4 is 5.32 Å². The third kappa shape index (κ3) is 4.58. The monoisotopic (exact) mass is 468 g/mol. The molecule has 5 rings (SSSR count). The number of piperidine rings is 1. The molecule has 1 N–H and O–H groups in total. The lowest BCUT2D eigenvalue weighted by atomic mass is 9.74. The Morgan fingerprint density at radius 2 is 1.71 bits per heavy atom. The fourth-order valence-electron chi connectivity index (χ4n) is 6.12. The van der Waals surface area contributed by atoms with Gasteiger partial charge in [0.15, 0.2) is 0 Å². The maximum atomic E-state index is 13.9. The smallest absolute Gasteiger partial charge is 0.325 e. The fraction of sp³-hybridized carbons (Fsp3) is 0.654. The molecule has 0 aliphatic carbocycles. The average molecular weight is 469 g/mol. The van der Waals surface area contributed by atoms with Crippen molar-refractivity contribution < 1.29 is 19.1 Å². The van der Waals surface area contributed by atoms with Crippen LogP contribution in [-0.2, 0) is 20.7 Å². The van der Waals surface area contributed by atoms with Crippen molar-refractivity contribution in [1.29, 1.82) is 0 Å². The maximum absolute atomic E-state index is 13.9. The number of likely N-dealkylation sites (tertiary alicyclic amines) is 2. The molecule has 4 aliphatic rings. The summed E-state index contributed by atoms with van der Waals surface area (Å²) in [6.07, 6.45) is 5.63. The lowest BCUT2D eigenvalue weighted by molar-refractivity contribution is -0.143. The van der Waals surface area contributed by atoms with Crippen molar-refractivity contribution in [1.82, 2.24) is 20.0 Å². The minimum Gasteiger partial charge on any atom is -0.368 e. The first-order valence-corrected chi connectivity index (χ1v) is 12.9. The molecular formula is C26H36N4O4. The number of urea groups is 1. The van der Waals surface area contributed by atoms with Gasteiger partial charge in [-0.05, 0) is 63.1 Å². The van der Waals surface area contributed by atoms with Crippen LogP contribution in [0.3, 0.4) is 0 Å². The van der Waals surface area contributed by atoms with E-state index < -0.39 is 5.54 Å². The number of imide groups is 1. The van der Waals surface area contributed by atoms with Gasteiger partial charge >= 0.3 is 6.03 Å². The number of ether oxygens (including phenoxy) is 1. The second kappa shape index (κ2) is 10.0. The van der Waals surface area contributed by atoms with E-state index in [-0.39, 0.29) is 29.9 Å². The summed E-state index contributed by atoms with van der Waals surface area (Å²) >= 11 is 0. The van der Waals surface area contributed by atoms with Gasteiger partial charge in [-0.2, -0.15) is 0 Å². The minimum absolute atomic E-state index is 0.0190. The number of carbonyl (C=O) groups is 3. The molecule has 4 heterocycles. The molecule has 0 radical (unpaired) electrons. The van der Waals surface area contributed by atoms with Gasteiger partial charge in [-0.3, -0.25) is 14.5 Å². The number of hydrogen-bond donors (Lipinski definition) is 1. The predicted octanol–water partition coefficient (Wildman–Crippen LogP) is 2.03. The topological polar surface area (TPSA) is 82.2 Å². The molecule has 4 aliphatic heterocycles. The van der Waals surface area contributed by atoms with E-state index in [2.05, 4.69) is 10.2 Å². The van der Waals surface area contributed by atoms with Crippen LogP contribution in [0.15, 0.2) is 30.3 Å². The minimum atomic E-state index is -0.956. The van der Waals surface area contributed by atoms with Crippen LogP contribution in [0, 0.1) is 5.92 Å². The molecule has 2 atom stereocenters. The molecule has 8 heteroatoms. The SMILES string of the molecule is O=C([C@@H]1CCCO1)N1CCC([C@@]2(Cc3ccccc3)NC(=O)N(CCN3CCCC3)C2=O)CC1. The van der Waals surface area contributed by atoms with Crippen molar-refractivity contribution in [2.75, 3.05) is 45.9 Å². The lowest BCUT2D eigenvalue weighted by Gasteiger charge is -2.41. The van der Waals surface area contributed by atoms with Crippen molar-refractivity contribution in [3.8, 4) is 0 Å². The third-order valence-corrected chi connectivity index (χ3v) is 8.07. The van der Waals surface area contributed by atoms with Crippen molar-refractivity contribution in [3.63, 3.8) is 0 Å². The molecule has 0 unspecified atom stereocenters. The molecule has 8 nitrogen and oxygen atoms in total. The van der Waals surface area contributed by atoms with E-state index in [1.165, 1.54) is 17.7 Å². The highest BCUT2D eigenvalue weighted by Gasteiger charge is 2.56. The normalized spacial score (nSPS) is 28.6. The third-order valence-electron chi connectivity index (χ3n) is 8.07. The zero-order chi connectivity index (χ0) is 23.5. The Bertz CT molecular complexity index is 889. The fourth-order valence-corrected chi connectivity index (χ4v) is 6.12. The van der Waals surface area contributed by atoms with Crippen molar-refractivity contribution in [3.05, 3.63) is 35.9 Å².